The van der Waals surface area contributed by atoms with Crippen molar-refractivity contribution < 1.29 is 56.1 Å². The first-order valence-corrected chi connectivity index (χ1v) is 5.93. The Morgan fingerprint density at radius 1 is 1.21 bits per heavy atom. The molecule has 0 spiro atoms. The minimum Gasteiger partial charge on any atom is -0.540 e. The summed E-state index contributed by atoms with van der Waals surface area (Å²) in [6, 6.07) is 7.87. The van der Waals surface area contributed by atoms with Gasteiger partial charge in [-0.15, -0.1) is 0 Å². The second-order valence-corrected chi connectivity index (χ2v) is 3.99. The van der Waals surface area contributed by atoms with Gasteiger partial charge in [-0.1, -0.05) is 45.4 Å². The summed E-state index contributed by atoms with van der Waals surface area (Å²) in [6.07, 6.45) is 2.04. The number of likely N-dealkylation sites (N-methyl/N-ethyl adjacent to an activating group) is 1. The van der Waals surface area contributed by atoms with Crippen LogP contribution in [0.3, 0.4) is 0 Å². The summed E-state index contributed by atoms with van der Waals surface area (Å²) in [6.45, 7) is 7.68. The van der Waals surface area contributed by atoms with Crippen LogP contribution in [-0.2, 0) is 56.1 Å². The van der Waals surface area contributed by atoms with E-state index in [0.29, 0.717) is 0 Å². The van der Waals surface area contributed by atoms with Gasteiger partial charge in [0.25, 0.3) is 0 Å². The standard InChI is InChI=1S/C12H17N2O.C2H6.V.Y/c1-12(2,9-15)14(4)11-8-6-5-7-10(11)13-3;1-2;;/h5-8,13H,1-4H3;1-2H3;;/q-1;;;. The van der Waals surface area contributed by atoms with Crippen molar-refractivity contribution in [2.24, 2.45) is 0 Å². The van der Waals surface area contributed by atoms with Crippen LogP contribution in [0, 0.1) is 0 Å². The molecule has 0 amide bonds. The van der Waals surface area contributed by atoms with Gasteiger partial charge < -0.3 is 15.0 Å². The van der Waals surface area contributed by atoms with E-state index in [4.69, 9.17) is 0 Å². The fourth-order valence-electron chi connectivity index (χ4n) is 1.35. The molecule has 2 radical (unpaired) electrons. The number of benzene rings is 1. The van der Waals surface area contributed by atoms with Gasteiger partial charge in [0.05, 0.1) is 11.4 Å². The van der Waals surface area contributed by atoms with Crippen molar-refractivity contribution in [1.29, 1.82) is 0 Å². The number of anilines is 2. The van der Waals surface area contributed by atoms with Crippen LogP contribution in [0.15, 0.2) is 24.3 Å². The molecule has 1 aromatic rings. The normalized spacial score (nSPS) is 8.95. The maximum absolute atomic E-state index is 10.9. The number of carbonyl (C=O) groups excluding carboxylic acids is 1. The number of hydrogen-bond donors (Lipinski definition) is 1. The van der Waals surface area contributed by atoms with Gasteiger partial charge in [0.1, 0.15) is 0 Å². The molecule has 19 heavy (non-hydrogen) atoms. The number of hydrogen-bond acceptors (Lipinski definition) is 3. The molecule has 5 heteroatoms. The molecular weight excluding hydrogens is 352 g/mol. The molecule has 1 rings (SSSR count). The second kappa shape index (κ2) is 12.0. The Bertz CT molecular complexity index is 359. The first-order valence-electron chi connectivity index (χ1n) is 5.93. The maximum Gasteiger partial charge on any atom is 0.0581 e. The van der Waals surface area contributed by atoms with Gasteiger partial charge in [-0.2, -0.15) is 0 Å². The third-order valence-electron chi connectivity index (χ3n) is 2.62. The molecule has 1 N–H and O–H groups in total. The molecule has 0 aliphatic carbocycles. The molecule has 104 valence electrons. The van der Waals surface area contributed by atoms with E-state index < -0.39 is 5.54 Å². The third-order valence-corrected chi connectivity index (χ3v) is 2.62. The Morgan fingerprint density at radius 3 is 2.11 bits per heavy atom. The summed E-state index contributed by atoms with van der Waals surface area (Å²) in [4.78, 5) is 12.8. The molecule has 0 aliphatic heterocycles. The average molecular weight is 375 g/mol. The van der Waals surface area contributed by atoms with E-state index in [-0.39, 0.29) is 51.3 Å². The van der Waals surface area contributed by atoms with E-state index in [9.17, 15) is 4.79 Å². The molecule has 0 saturated heterocycles. The Hall–Kier alpha value is 0.178. The van der Waals surface area contributed by atoms with Crippen molar-refractivity contribution in [2.75, 3.05) is 24.3 Å². The predicted octanol–water partition coefficient (Wildman–Crippen LogP) is 3.07. The predicted molar refractivity (Wildman–Crippen MR) is 75.5 cm³/mol. The van der Waals surface area contributed by atoms with Crippen LogP contribution in [0.4, 0.5) is 11.4 Å². The molecule has 0 saturated carbocycles. The van der Waals surface area contributed by atoms with E-state index in [1.807, 2.05) is 77.2 Å². The van der Waals surface area contributed by atoms with Gasteiger partial charge in [0.15, 0.2) is 0 Å². The number of nitrogens with zero attached hydrogens (tertiary/aromatic N) is 1. The van der Waals surface area contributed by atoms with Crippen molar-refractivity contribution in [3.05, 3.63) is 24.3 Å². The van der Waals surface area contributed by atoms with Crippen LogP contribution in [0.2, 0.25) is 0 Å². The zero-order valence-electron chi connectivity index (χ0n) is 12.7. The number of para-hydroxylation sites is 2. The minimum absolute atomic E-state index is 0. The minimum atomic E-state index is -0.618. The van der Waals surface area contributed by atoms with Gasteiger partial charge >= 0.3 is 0 Å². The van der Waals surface area contributed by atoms with Gasteiger partial charge in [-0.05, 0) is 12.1 Å². The Balaban J connectivity index is -0.000000609. The summed E-state index contributed by atoms with van der Waals surface area (Å²) < 4.78 is 0. The fourth-order valence-corrected chi connectivity index (χ4v) is 1.35. The smallest absolute Gasteiger partial charge is 0.0581 e. The Morgan fingerprint density at radius 2 is 1.68 bits per heavy atom. The van der Waals surface area contributed by atoms with E-state index in [2.05, 4.69) is 5.32 Å². The summed E-state index contributed by atoms with van der Waals surface area (Å²) in [7, 11) is 3.76. The fraction of sp³-hybridized carbons (Fsp3) is 0.500. The van der Waals surface area contributed by atoms with Crippen molar-refractivity contribution in [3.8, 4) is 0 Å². The largest absolute Gasteiger partial charge is 0.540 e. The second-order valence-electron chi connectivity index (χ2n) is 3.99. The van der Waals surface area contributed by atoms with Gasteiger partial charge in [-0.3, -0.25) is 0 Å². The molecular formula is C14H23N2OVY-. The monoisotopic (exact) mass is 375 g/mol. The van der Waals surface area contributed by atoms with Crippen LogP contribution < -0.4 is 10.2 Å². The summed E-state index contributed by atoms with van der Waals surface area (Å²) in [5.41, 5.74) is 1.38. The molecule has 0 heterocycles. The summed E-state index contributed by atoms with van der Waals surface area (Å²) in [5, 5.41) is 3.10. The van der Waals surface area contributed by atoms with Crippen molar-refractivity contribution in [3.63, 3.8) is 0 Å². The van der Waals surface area contributed by atoms with E-state index in [1.165, 1.54) is 0 Å². The van der Waals surface area contributed by atoms with Crippen LogP contribution in [0.1, 0.15) is 27.7 Å². The number of nitrogens with one attached hydrogen (secondary N) is 1. The molecule has 0 atom stereocenters. The van der Waals surface area contributed by atoms with Crippen LogP contribution in [-0.4, -0.2) is 25.9 Å². The summed E-state index contributed by atoms with van der Waals surface area (Å²) in [5.74, 6) is 0. The topological polar surface area (TPSA) is 32.3 Å². The SMILES string of the molecule is CC.CNc1ccccc1N(C)C(C)(C)[C-]=O.[V].[Y]. The maximum atomic E-state index is 10.9. The average Bonchev–Trinajstić information content (AvgIpc) is 2.40. The Kier molecular flexibility index (Phi) is 15.2. The van der Waals surface area contributed by atoms with Gasteiger partial charge in [0.2, 0.25) is 0 Å². The van der Waals surface area contributed by atoms with E-state index in [0.717, 1.165) is 11.4 Å². The van der Waals surface area contributed by atoms with E-state index in [1.54, 1.807) is 0 Å². The first-order chi connectivity index (χ1) is 8.03. The van der Waals surface area contributed by atoms with Crippen LogP contribution >= 0.6 is 0 Å². The third kappa shape index (κ3) is 6.94. The van der Waals surface area contributed by atoms with Crippen molar-refractivity contribution in [2.45, 2.75) is 33.2 Å². The molecule has 1 aromatic carbocycles. The first kappa shape index (κ1) is 24.2. The Labute approximate surface area is 154 Å². The van der Waals surface area contributed by atoms with Crippen molar-refractivity contribution >= 4 is 17.7 Å². The molecule has 0 fully saturated rings. The zero-order valence-corrected chi connectivity index (χ0v) is 16.9. The molecule has 0 bridgehead atoms. The van der Waals surface area contributed by atoms with Gasteiger partial charge in [-0.25, -0.2) is 6.29 Å². The molecule has 0 aliphatic rings. The summed E-state index contributed by atoms with van der Waals surface area (Å²) >= 11 is 0. The quantitative estimate of drug-likeness (QED) is 0.822. The van der Waals surface area contributed by atoms with Crippen LogP contribution in [0.5, 0.6) is 0 Å². The zero-order chi connectivity index (χ0) is 13.5. The molecule has 3 nitrogen and oxygen atoms in total. The molecule has 0 unspecified atom stereocenters. The van der Waals surface area contributed by atoms with Crippen LogP contribution in [0.25, 0.3) is 0 Å². The van der Waals surface area contributed by atoms with E-state index >= 15 is 0 Å². The van der Waals surface area contributed by atoms with Gasteiger partial charge in [0, 0.05) is 65.4 Å². The van der Waals surface area contributed by atoms with Crippen molar-refractivity contribution in [1.82, 2.24) is 0 Å². The molecule has 0 aromatic heterocycles. The number of rotatable bonds is 4.